The summed E-state index contributed by atoms with van der Waals surface area (Å²) >= 11 is 0. The number of aromatic nitrogens is 2. The summed E-state index contributed by atoms with van der Waals surface area (Å²) < 4.78 is 13.9. The summed E-state index contributed by atoms with van der Waals surface area (Å²) in [5.41, 5.74) is 2.22. The first kappa shape index (κ1) is 30.1. The van der Waals surface area contributed by atoms with Crippen molar-refractivity contribution in [2.24, 2.45) is 0 Å². The topological polar surface area (TPSA) is 123 Å². The average molecular weight is 604 g/mol. The maximum absolute atomic E-state index is 13.0. The predicted molar refractivity (Wildman–Crippen MR) is 169 cm³/mol. The van der Waals surface area contributed by atoms with E-state index < -0.39 is 41.7 Å². The monoisotopic (exact) mass is 603 g/mol. The van der Waals surface area contributed by atoms with E-state index in [0.717, 1.165) is 26.8 Å². The number of carbonyl (C=O) groups excluding carboxylic acids is 1. The van der Waals surface area contributed by atoms with Gasteiger partial charge in [-0.3, -0.25) is 9.36 Å². The molecule has 1 amide bonds. The van der Waals surface area contributed by atoms with Crippen LogP contribution in [0.15, 0.2) is 132 Å². The Morgan fingerprint density at radius 1 is 0.822 bits per heavy atom. The smallest absolute Gasteiger partial charge is 0.351 e. The third kappa shape index (κ3) is 6.07. The Bertz CT molecular complexity index is 1700. The zero-order chi connectivity index (χ0) is 31.4. The quantitative estimate of drug-likeness (QED) is 0.213. The van der Waals surface area contributed by atoms with Gasteiger partial charge in [0.25, 0.3) is 5.91 Å². The van der Waals surface area contributed by atoms with Crippen LogP contribution in [0, 0.1) is 6.92 Å². The summed E-state index contributed by atoms with van der Waals surface area (Å²) in [6.45, 7) is 1.81. The molecule has 1 aromatic heterocycles. The molecule has 1 saturated heterocycles. The number of carbonyl (C=O) groups is 1. The van der Waals surface area contributed by atoms with Crippen molar-refractivity contribution in [1.29, 1.82) is 0 Å². The predicted octanol–water partition coefficient (Wildman–Crippen LogP) is 4.43. The van der Waals surface area contributed by atoms with Gasteiger partial charge in [-0.2, -0.15) is 4.98 Å². The lowest BCUT2D eigenvalue weighted by molar-refractivity contribution is -0.0958. The number of aryl methyl sites for hydroxylation is 1. The van der Waals surface area contributed by atoms with Gasteiger partial charge in [-0.05, 0) is 41.8 Å². The molecule has 1 aliphatic heterocycles. The van der Waals surface area contributed by atoms with Gasteiger partial charge in [0.2, 0.25) is 0 Å². The van der Waals surface area contributed by atoms with E-state index in [1.165, 1.54) is 12.3 Å². The third-order valence-electron chi connectivity index (χ3n) is 8.00. The van der Waals surface area contributed by atoms with Crippen molar-refractivity contribution in [2.75, 3.05) is 11.9 Å². The third-order valence-corrected chi connectivity index (χ3v) is 8.00. The fraction of sp³-hybridized carbons (Fsp3) is 0.194. The Kier molecular flexibility index (Phi) is 8.68. The maximum atomic E-state index is 13.0. The number of hydrogen-bond acceptors (Lipinski definition) is 7. The molecule has 0 unspecified atom stereocenters. The molecule has 6 rings (SSSR count). The molecule has 3 N–H and O–H groups in total. The number of nitrogens with one attached hydrogen (secondary N) is 1. The summed E-state index contributed by atoms with van der Waals surface area (Å²) in [6.07, 6.45) is -3.64. The lowest BCUT2D eigenvalue weighted by Crippen LogP contribution is -2.39. The number of rotatable bonds is 9. The Morgan fingerprint density at radius 2 is 1.36 bits per heavy atom. The molecule has 45 heavy (non-hydrogen) atoms. The van der Waals surface area contributed by atoms with Gasteiger partial charge in [-0.15, -0.1) is 0 Å². The highest BCUT2D eigenvalue weighted by Gasteiger charge is 2.46. The van der Waals surface area contributed by atoms with Crippen molar-refractivity contribution in [3.8, 4) is 0 Å². The number of hydrogen-bond donors (Lipinski definition) is 3. The van der Waals surface area contributed by atoms with Gasteiger partial charge in [-0.1, -0.05) is 109 Å². The van der Waals surface area contributed by atoms with Crippen molar-refractivity contribution in [3.63, 3.8) is 0 Å². The molecule has 5 aromatic rings. The minimum absolute atomic E-state index is 0.0492. The summed E-state index contributed by atoms with van der Waals surface area (Å²) in [5.74, 6) is -0.365. The number of ether oxygens (including phenoxy) is 2. The number of nitrogens with zero attached hydrogens (tertiary/aromatic N) is 2. The fourth-order valence-electron chi connectivity index (χ4n) is 5.64. The zero-order valence-corrected chi connectivity index (χ0v) is 24.6. The molecule has 1 fully saturated rings. The molecule has 0 saturated carbocycles. The Hall–Kier alpha value is -4.93. The van der Waals surface area contributed by atoms with Gasteiger partial charge in [-0.25, -0.2) is 4.79 Å². The molecule has 2 heterocycles. The van der Waals surface area contributed by atoms with E-state index in [0.29, 0.717) is 5.56 Å². The van der Waals surface area contributed by atoms with Crippen molar-refractivity contribution in [1.82, 2.24) is 9.55 Å². The molecule has 4 aromatic carbocycles. The second kappa shape index (κ2) is 13.0. The molecule has 1 aliphatic rings. The van der Waals surface area contributed by atoms with Crippen molar-refractivity contribution in [3.05, 3.63) is 166 Å². The maximum Gasteiger partial charge on any atom is 0.351 e. The molecule has 228 valence electrons. The molecule has 0 aliphatic carbocycles. The highest BCUT2D eigenvalue weighted by atomic mass is 16.6. The Morgan fingerprint density at radius 3 is 1.87 bits per heavy atom. The highest BCUT2D eigenvalue weighted by molar-refractivity contribution is 6.03. The van der Waals surface area contributed by atoms with Crippen LogP contribution >= 0.6 is 0 Å². The first-order valence-corrected chi connectivity index (χ1v) is 14.7. The molecule has 9 heteroatoms. The molecular formula is C36H33N3O6. The zero-order valence-electron chi connectivity index (χ0n) is 24.6. The minimum Gasteiger partial charge on any atom is -0.387 e. The number of aliphatic hydroxyl groups is 2. The fourth-order valence-corrected chi connectivity index (χ4v) is 5.64. The van der Waals surface area contributed by atoms with Gasteiger partial charge in [0.05, 0.1) is 6.61 Å². The number of aliphatic hydroxyl groups excluding tert-OH is 2. The summed E-state index contributed by atoms with van der Waals surface area (Å²) in [4.78, 5) is 29.6. The summed E-state index contributed by atoms with van der Waals surface area (Å²) in [5, 5.41) is 24.7. The van der Waals surface area contributed by atoms with E-state index in [-0.39, 0.29) is 12.4 Å². The summed E-state index contributed by atoms with van der Waals surface area (Å²) in [7, 11) is 0. The van der Waals surface area contributed by atoms with E-state index >= 15 is 0 Å². The van der Waals surface area contributed by atoms with Gasteiger partial charge < -0.3 is 25.0 Å². The first-order chi connectivity index (χ1) is 21.9. The van der Waals surface area contributed by atoms with E-state index in [1.807, 2.05) is 110 Å². The summed E-state index contributed by atoms with van der Waals surface area (Å²) in [6, 6.07) is 37.7. The SMILES string of the molecule is Cc1ccc(C(=O)Nc2ccn([C@@H]3O[C@H](COC(c4ccccc4)(c4ccccc4)c4ccccc4)[C@@H](O)[C@@H]3O)c(=O)n2)cc1. The van der Waals surface area contributed by atoms with Crippen LogP contribution in [0.2, 0.25) is 0 Å². The number of anilines is 1. The van der Waals surface area contributed by atoms with Crippen LogP contribution in [0.4, 0.5) is 5.82 Å². The lowest BCUT2D eigenvalue weighted by atomic mass is 9.80. The van der Waals surface area contributed by atoms with Gasteiger partial charge in [0.15, 0.2) is 6.23 Å². The van der Waals surface area contributed by atoms with Crippen LogP contribution in [0.25, 0.3) is 0 Å². The van der Waals surface area contributed by atoms with Crippen molar-refractivity contribution >= 4 is 11.7 Å². The van der Waals surface area contributed by atoms with E-state index in [4.69, 9.17) is 9.47 Å². The average Bonchev–Trinajstić information content (AvgIpc) is 3.35. The van der Waals surface area contributed by atoms with Crippen LogP contribution in [0.5, 0.6) is 0 Å². The van der Waals surface area contributed by atoms with Gasteiger partial charge in [0.1, 0.15) is 29.7 Å². The molecule has 4 atom stereocenters. The lowest BCUT2D eigenvalue weighted by Gasteiger charge is -2.37. The van der Waals surface area contributed by atoms with E-state index in [2.05, 4.69) is 10.3 Å². The largest absolute Gasteiger partial charge is 0.387 e. The normalized spacial score (nSPS) is 19.7. The molecule has 9 nitrogen and oxygen atoms in total. The second-order valence-electron chi connectivity index (χ2n) is 11.0. The number of benzene rings is 4. The van der Waals surface area contributed by atoms with Crippen molar-refractivity contribution in [2.45, 2.75) is 37.1 Å². The van der Waals surface area contributed by atoms with Crippen LogP contribution in [-0.2, 0) is 15.1 Å². The van der Waals surface area contributed by atoms with Crippen molar-refractivity contribution < 1.29 is 24.5 Å². The van der Waals surface area contributed by atoms with E-state index in [9.17, 15) is 19.8 Å². The molecule has 0 bridgehead atoms. The molecular weight excluding hydrogens is 570 g/mol. The molecule has 0 radical (unpaired) electrons. The van der Waals surface area contributed by atoms with Gasteiger partial charge >= 0.3 is 5.69 Å². The Labute approximate surface area is 260 Å². The second-order valence-corrected chi connectivity index (χ2v) is 11.0. The number of amides is 1. The first-order valence-electron chi connectivity index (χ1n) is 14.7. The van der Waals surface area contributed by atoms with Crippen LogP contribution in [0.3, 0.4) is 0 Å². The minimum atomic E-state index is -1.44. The van der Waals surface area contributed by atoms with Crippen LogP contribution < -0.4 is 11.0 Å². The molecule has 0 spiro atoms. The van der Waals surface area contributed by atoms with E-state index in [1.54, 1.807) is 12.1 Å². The Balaban J connectivity index is 1.25. The highest BCUT2D eigenvalue weighted by Crippen LogP contribution is 2.41. The van der Waals surface area contributed by atoms with Crippen LogP contribution in [0.1, 0.15) is 38.8 Å². The standard InChI is InChI=1S/C36H33N3O6/c1-24-17-19-25(20-18-24)33(42)37-30-21-22-39(35(43)38-30)34-32(41)31(40)29(45-34)23-44-36(26-11-5-2-6-12-26,27-13-7-3-8-14-27)28-15-9-4-10-16-28/h2-22,29,31-32,34,40-41H,23H2,1H3,(H,37,38,42,43)/t29-,31-,32+,34-/m1/s1. The van der Waals surface area contributed by atoms with Gasteiger partial charge in [0, 0.05) is 11.8 Å². The van der Waals surface area contributed by atoms with Crippen LogP contribution in [-0.4, -0.2) is 50.6 Å².